The Bertz CT molecular complexity index is 1700. The molecule has 2 aliphatic heterocycles. The van der Waals surface area contributed by atoms with Crippen LogP contribution in [0.1, 0.15) is 116 Å². The molecule has 1 aromatic heterocycles. The summed E-state index contributed by atoms with van der Waals surface area (Å²) >= 11 is 0. The zero-order valence-electron chi connectivity index (χ0n) is 30.6. The van der Waals surface area contributed by atoms with Crippen molar-refractivity contribution in [1.82, 2.24) is 20.9 Å². The number of para-hydroxylation sites is 1. The predicted octanol–water partition coefficient (Wildman–Crippen LogP) is 4.84. The minimum absolute atomic E-state index is 0.00502. The highest BCUT2D eigenvalue weighted by molar-refractivity contribution is 6.38. The molecular weight excluding hydrogens is 650 g/mol. The van der Waals surface area contributed by atoms with E-state index in [4.69, 9.17) is 9.25 Å². The van der Waals surface area contributed by atoms with Crippen molar-refractivity contribution in [1.29, 1.82) is 0 Å². The van der Waals surface area contributed by atoms with Gasteiger partial charge < -0.3 is 30.1 Å². The predicted molar refractivity (Wildman–Crippen MR) is 192 cm³/mol. The number of rotatable bonds is 12. The number of hydrogen-bond acceptors (Lipinski definition) is 8. The van der Waals surface area contributed by atoms with Gasteiger partial charge in [0.1, 0.15) is 23.4 Å². The van der Waals surface area contributed by atoms with E-state index in [9.17, 15) is 24.0 Å². The van der Waals surface area contributed by atoms with Gasteiger partial charge in [0.15, 0.2) is 5.60 Å². The van der Waals surface area contributed by atoms with Gasteiger partial charge in [-0.1, -0.05) is 76.7 Å². The third-order valence-corrected chi connectivity index (χ3v) is 10.8. The first-order valence-corrected chi connectivity index (χ1v) is 18.8. The Morgan fingerprint density at radius 3 is 2.43 bits per heavy atom. The maximum atomic E-state index is 14.7. The number of benzene rings is 1. The maximum absolute atomic E-state index is 14.7. The lowest BCUT2D eigenvalue weighted by molar-refractivity contribution is -0.145. The summed E-state index contributed by atoms with van der Waals surface area (Å²) in [5.74, 6) is -1.55. The van der Waals surface area contributed by atoms with Gasteiger partial charge in [-0.3, -0.25) is 24.0 Å². The van der Waals surface area contributed by atoms with E-state index in [0.29, 0.717) is 30.7 Å². The monoisotopic (exact) mass is 703 g/mol. The Labute approximate surface area is 299 Å². The van der Waals surface area contributed by atoms with Crippen molar-refractivity contribution in [3.8, 4) is 0 Å². The summed E-state index contributed by atoms with van der Waals surface area (Å²) in [7, 11) is 0. The summed E-state index contributed by atoms with van der Waals surface area (Å²) in [6.07, 6.45) is 8.67. The van der Waals surface area contributed by atoms with Crippen molar-refractivity contribution in [3.05, 3.63) is 35.6 Å². The summed E-state index contributed by atoms with van der Waals surface area (Å²) in [5.41, 5.74) is 0.507. The second-order valence-electron chi connectivity index (χ2n) is 16.2. The fourth-order valence-electron chi connectivity index (χ4n) is 7.95. The molecule has 3 fully saturated rings. The first kappa shape index (κ1) is 36.6. The number of nitrogens with one attached hydrogen (secondary N) is 3. The lowest BCUT2D eigenvalue weighted by Crippen LogP contribution is -2.59. The van der Waals surface area contributed by atoms with Crippen LogP contribution in [0, 0.1) is 18.3 Å². The Balaban J connectivity index is 1.26. The van der Waals surface area contributed by atoms with Crippen molar-refractivity contribution in [2.24, 2.45) is 16.5 Å². The molecule has 51 heavy (non-hydrogen) atoms. The lowest BCUT2D eigenvalue weighted by Gasteiger charge is -2.36. The van der Waals surface area contributed by atoms with E-state index in [2.05, 4.69) is 21.1 Å². The maximum Gasteiger partial charge on any atom is 0.289 e. The molecule has 1 saturated heterocycles. The Morgan fingerprint density at radius 1 is 1.02 bits per heavy atom. The number of carbonyl (C=O) groups excluding carboxylic acids is 5. The molecule has 1 aromatic carbocycles. The largest absolute Gasteiger partial charge is 0.461 e. The number of hydrogen-bond donors (Lipinski definition) is 3. The van der Waals surface area contributed by atoms with Crippen molar-refractivity contribution >= 4 is 46.1 Å². The molecule has 0 radical (unpaired) electrons. The van der Waals surface area contributed by atoms with E-state index in [1.54, 1.807) is 0 Å². The topological polar surface area (TPSA) is 159 Å². The minimum Gasteiger partial charge on any atom is -0.461 e. The van der Waals surface area contributed by atoms with E-state index < -0.39 is 52.6 Å². The number of likely N-dealkylation sites (tertiary alicyclic amines) is 1. The van der Waals surface area contributed by atoms with Gasteiger partial charge in [-0.15, -0.1) is 0 Å². The van der Waals surface area contributed by atoms with Crippen LogP contribution >= 0.6 is 0 Å². The Kier molecular flexibility index (Phi) is 10.6. The minimum atomic E-state index is -1.04. The van der Waals surface area contributed by atoms with Crippen LogP contribution in [0.2, 0.25) is 0 Å². The number of carbonyl (C=O) groups is 5. The van der Waals surface area contributed by atoms with Gasteiger partial charge in [0.25, 0.3) is 5.91 Å². The van der Waals surface area contributed by atoms with Gasteiger partial charge in [0, 0.05) is 36.3 Å². The molecule has 4 aliphatic rings. The van der Waals surface area contributed by atoms with Gasteiger partial charge >= 0.3 is 0 Å². The number of amides is 4. The van der Waals surface area contributed by atoms with Gasteiger partial charge in [0.05, 0.1) is 18.3 Å². The summed E-state index contributed by atoms with van der Waals surface area (Å²) in [5, 5.41) is 14.0. The average molecular weight is 704 g/mol. The van der Waals surface area contributed by atoms with Crippen LogP contribution in [0.5, 0.6) is 0 Å². The number of aryl methyl sites for hydroxylation is 1. The highest BCUT2D eigenvalue weighted by Crippen LogP contribution is 2.42. The van der Waals surface area contributed by atoms with E-state index in [-0.39, 0.29) is 37.3 Å². The number of Topliss-reactive ketones (excluding diaryl/α,β-unsaturated/α-hetero) is 1. The molecule has 3 N–H and O–H groups in total. The van der Waals surface area contributed by atoms with Crippen LogP contribution < -0.4 is 16.0 Å². The molecule has 2 aromatic rings. The van der Waals surface area contributed by atoms with Crippen LogP contribution in [-0.2, 0) is 28.8 Å². The third-order valence-electron chi connectivity index (χ3n) is 10.8. The Hall–Kier alpha value is -4.22. The lowest BCUT2D eigenvalue weighted by atomic mass is 9.84. The number of furan rings is 1. The highest BCUT2D eigenvalue weighted by Gasteiger charge is 2.56. The number of fused-ring (bicyclic) bond motifs is 1. The molecule has 276 valence electrons. The van der Waals surface area contributed by atoms with E-state index in [1.807, 2.05) is 58.9 Å². The van der Waals surface area contributed by atoms with Crippen LogP contribution in [-0.4, -0.2) is 76.3 Å². The van der Waals surface area contributed by atoms with Gasteiger partial charge in [-0.05, 0) is 56.4 Å². The fourth-order valence-corrected chi connectivity index (χ4v) is 7.95. The van der Waals surface area contributed by atoms with Crippen molar-refractivity contribution in [2.75, 3.05) is 6.54 Å². The van der Waals surface area contributed by atoms with Gasteiger partial charge in [-0.25, -0.2) is 0 Å². The van der Waals surface area contributed by atoms with Crippen molar-refractivity contribution in [3.63, 3.8) is 0 Å². The standard InChI is InChI=1S/C39H53N5O7/c1-6-12-27(33(46)36(48)40-25-17-18-25)41-35(47)29-21-39(20-28(43-51-39)32-23(2)50-30-16-11-10-15-26(30)32)22-44(29)37(49)34(38(3,4)5)42-31(45)19-24-13-8-7-9-14-24/h10-11,15-16,24-25,27,29,34H,6-9,12-14,17-22H2,1-5H3,(H,40,48)(H,41,47)(H,42,45)/t27-,29-,34+,39+/m0/s1. The van der Waals surface area contributed by atoms with E-state index in [0.717, 1.165) is 55.1 Å². The second-order valence-corrected chi connectivity index (χ2v) is 16.2. The first-order valence-electron chi connectivity index (χ1n) is 18.8. The molecule has 0 bridgehead atoms. The second kappa shape index (κ2) is 14.8. The SMILES string of the molecule is CCC[C@H](NC(=O)[C@@H]1C[C@]2(CC(c3c(C)oc4ccccc34)=NO2)CN1C(=O)[C@@H](NC(=O)CC1CCCCC1)C(C)(C)C)C(=O)C(=O)NC1CC1. The molecule has 12 nitrogen and oxygen atoms in total. The molecule has 0 unspecified atom stereocenters. The summed E-state index contributed by atoms with van der Waals surface area (Å²) in [6.45, 7) is 9.48. The molecule has 3 heterocycles. The number of ketones is 1. The molecule has 4 atom stereocenters. The summed E-state index contributed by atoms with van der Waals surface area (Å²) in [6, 6.07) is 4.68. The summed E-state index contributed by atoms with van der Waals surface area (Å²) in [4.78, 5) is 76.0. The van der Waals surface area contributed by atoms with Crippen LogP contribution in [0.25, 0.3) is 11.0 Å². The van der Waals surface area contributed by atoms with Crippen molar-refractivity contribution in [2.45, 2.75) is 141 Å². The zero-order chi connectivity index (χ0) is 36.5. The molecule has 2 aliphatic carbocycles. The normalized spacial score (nSPS) is 23.4. The smallest absolute Gasteiger partial charge is 0.289 e. The van der Waals surface area contributed by atoms with Crippen LogP contribution in [0.4, 0.5) is 0 Å². The first-order chi connectivity index (χ1) is 24.3. The highest BCUT2D eigenvalue weighted by atomic mass is 16.7. The van der Waals surface area contributed by atoms with E-state index in [1.165, 1.54) is 11.3 Å². The van der Waals surface area contributed by atoms with Crippen LogP contribution in [0.3, 0.4) is 0 Å². The number of nitrogens with zero attached hydrogens (tertiary/aromatic N) is 2. The number of oxime groups is 1. The van der Waals surface area contributed by atoms with Crippen LogP contribution in [0.15, 0.2) is 33.8 Å². The van der Waals surface area contributed by atoms with Gasteiger partial charge in [0.2, 0.25) is 23.5 Å². The summed E-state index contributed by atoms with van der Waals surface area (Å²) < 4.78 is 6.01. The quantitative estimate of drug-likeness (QED) is 0.267. The van der Waals surface area contributed by atoms with Crippen molar-refractivity contribution < 1.29 is 33.2 Å². The molecular formula is C39H53N5O7. The zero-order valence-corrected chi connectivity index (χ0v) is 30.6. The third kappa shape index (κ3) is 8.15. The molecule has 12 heteroatoms. The average Bonchev–Trinajstić information content (AvgIpc) is 3.54. The fraction of sp³-hybridized carbons (Fsp3) is 0.641. The molecule has 4 amide bonds. The van der Waals surface area contributed by atoms with E-state index >= 15 is 0 Å². The molecule has 6 rings (SSSR count). The molecule has 1 spiro atoms. The van der Waals surface area contributed by atoms with Gasteiger partial charge in [-0.2, -0.15) is 0 Å². The molecule has 2 saturated carbocycles. The Morgan fingerprint density at radius 2 is 1.75 bits per heavy atom.